The number of nitrogens with zero attached hydrogens (tertiary/aromatic N) is 3. The quantitative estimate of drug-likeness (QED) is 0.137. The Kier molecular flexibility index (Phi) is 11.5. The van der Waals surface area contributed by atoms with E-state index in [2.05, 4.69) is 15.2 Å². The van der Waals surface area contributed by atoms with Gasteiger partial charge in [0.05, 0.1) is 30.2 Å². The van der Waals surface area contributed by atoms with Crippen LogP contribution in [0, 0.1) is 11.8 Å². The molecule has 3 heterocycles. The molecule has 0 bridgehead atoms. The molecule has 0 radical (unpaired) electrons. The van der Waals surface area contributed by atoms with Crippen molar-refractivity contribution in [3.05, 3.63) is 54.5 Å². The molecule has 3 N–H and O–H groups in total. The third kappa shape index (κ3) is 8.51. The number of esters is 3. The molecule has 0 amide bonds. The highest BCUT2D eigenvalue weighted by atomic mass is 31.2. The van der Waals surface area contributed by atoms with Crippen molar-refractivity contribution in [3.63, 3.8) is 0 Å². The maximum Gasteiger partial charge on any atom is 0.459 e. The van der Waals surface area contributed by atoms with Crippen molar-refractivity contribution in [2.24, 2.45) is 11.8 Å². The largest absolute Gasteiger partial charge is 0.462 e. The summed E-state index contributed by atoms with van der Waals surface area (Å²) in [6.45, 7) is 12.5. The van der Waals surface area contributed by atoms with E-state index in [0.717, 1.165) is 0 Å². The fourth-order valence-electron chi connectivity index (χ4n) is 4.86. The van der Waals surface area contributed by atoms with Crippen LogP contribution in [0.4, 0.5) is 5.82 Å². The molecule has 0 spiro atoms. The zero-order valence-corrected chi connectivity index (χ0v) is 29.2. The number of nitrogen functional groups attached to an aromatic ring is 1. The van der Waals surface area contributed by atoms with Gasteiger partial charge in [0.15, 0.2) is 18.0 Å². The molecule has 1 aromatic carbocycles. The van der Waals surface area contributed by atoms with E-state index < -0.39 is 80.2 Å². The lowest BCUT2D eigenvalue weighted by molar-refractivity contribution is -0.175. The van der Waals surface area contributed by atoms with Crippen LogP contribution in [0.3, 0.4) is 0 Å². The Balaban J connectivity index is 1.75. The fourth-order valence-corrected chi connectivity index (χ4v) is 6.44. The van der Waals surface area contributed by atoms with E-state index in [-0.39, 0.29) is 11.6 Å². The number of fused-ring (bicyclic) bond motifs is 1. The summed E-state index contributed by atoms with van der Waals surface area (Å²) in [5, 5.41) is 6.95. The van der Waals surface area contributed by atoms with Gasteiger partial charge in [0.25, 0.3) is 0 Å². The van der Waals surface area contributed by atoms with Gasteiger partial charge < -0.3 is 29.2 Å². The predicted octanol–water partition coefficient (Wildman–Crippen LogP) is 4.41. The summed E-state index contributed by atoms with van der Waals surface area (Å²) in [5.74, 6) is -2.55. The molecule has 48 heavy (non-hydrogen) atoms. The number of nitrogens with two attached hydrogens (primary N) is 1. The summed E-state index contributed by atoms with van der Waals surface area (Å²) in [4.78, 5) is 42.9. The topological polar surface area (TPSA) is 192 Å². The number of carbonyl (C=O) groups is 3. The van der Waals surface area contributed by atoms with Crippen LogP contribution in [-0.4, -0.2) is 69.1 Å². The minimum absolute atomic E-state index is 0.191. The van der Waals surface area contributed by atoms with Gasteiger partial charge in [0, 0.05) is 0 Å². The van der Waals surface area contributed by atoms with Crippen molar-refractivity contribution in [3.8, 4) is 5.75 Å². The molecule has 0 unspecified atom stereocenters. The number of hydrogen-bond acceptors (Lipinski definition) is 13. The average Bonchev–Trinajstić information content (AvgIpc) is 3.56. The van der Waals surface area contributed by atoms with E-state index in [1.165, 1.54) is 17.8 Å². The Bertz CT molecular complexity index is 1650. The first-order chi connectivity index (χ1) is 22.5. The predicted molar refractivity (Wildman–Crippen MR) is 174 cm³/mol. The lowest BCUT2D eigenvalue weighted by atomic mass is 9.95. The normalized spacial score (nSPS) is 22.9. The number of ether oxygens (including phenoxy) is 4. The van der Waals surface area contributed by atoms with Gasteiger partial charge in [0.1, 0.15) is 35.3 Å². The third-order valence-corrected chi connectivity index (χ3v) is 9.01. The van der Waals surface area contributed by atoms with E-state index in [9.17, 15) is 18.9 Å². The molecule has 0 aliphatic carbocycles. The second-order valence-electron chi connectivity index (χ2n) is 12.6. The second-order valence-corrected chi connectivity index (χ2v) is 14.3. The molecule has 6 atom stereocenters. The molecule has 1 aliphatic rings. The maximum absolute atomic E-state index is 14.3. The Morgan fingerprint density at radius 3 is 2.25 bits per heavy atom. The minimum Gasteiger partial charge on any atom is -0.462 e. The summed E-state index contributed by atoms with van der Waals surface area (Å²) >= 11 is 0. The summed E-state index contributed by atoms with van der Waals surface area (Å²) in [7, 11) is -4.38. The van der Waals surface area contributed by atoms with Crippen molar-refractivity contribution in [1.29, 1.82) is 0 Å². The fraction of sp³-hybridized carbons (Fsp3) is 0.531. The Morgan fingerprint density at radius 1 is 0.979 bits per heavy atom. The minimum atomic E-state index is -4.38. The molecule has 262 valence electrons. The zero-order valence-electron chi connectivity index (χ0n) is 28.3. The van der Waals surface area contributed by atoms with Crippen molar-refractivity contribution in [2.75, 3.05) is 12.3 Å². The van der Waals surface area contributed by atoms with Crippen LogP contribution >= 0.6 is 7.75 Å². The van der Waals surface area contributed by atoms with E-state index in [1.807, 2.05) is 0 Å². The highest BCUT2D eigenvalue weighted by molar-refractivity contribution is 7.52. The Labute approximate surface area is 279 Å². The van der Waals surface area contributed by atoms with Gasteiger partial charge >= 0.3 is 25.7 Å². The zero-order chi connectivity index (χ0) is 35.4. The van der Waals surface area contributed by atoms with Crippen LogP contribution in [0.25, 0.3) is 5.52 Å². The van der Waals surface area contributed by atoms with Gasteiger partial charge in [-0.25, -0.2) is 14.1 Å². The first-order valence-electron chi connectivity index (χ1n) is 15.7. The smallest absolute Gasteiger partial charge is 0.459 e. The van der Waals surface area contributed by atoms with Crippen molar-refractivity contribution >= 4 is 37.0 Å². The molecule has 4 rings (SSSR count). The number of carbonyl (C=O) groups excluding carboxylic acids is 3. The lowest BCUT2D eigenvalue weighted by Gasteiger charge is -2.33. The summed E-state index contributed by atoms with van der Waals surface area (Å²) in [6.07, 6.45) is -2.69. The van der Waals surface area contributed by atoms with Crippen molar-refractivity contribution in [2.45, 2.75) is 91.4 Å². The highest BCUT2D eigenvalue weighted by Crippen LogP contribution is 2.50. The molecule has 2 aromatic heterocycles. The third-order valence-electron chi connectivity index (χ3n) is 7.38. The molecular weight excluding hydrogens is 645 g/mol. The van der Waals surface area contributed by atoms with Gasteiger partial charge in [-0.15, -0.1) is 0 Å². The Hall–Kier alpha value is -4.04. The van der Waals surface area contributed by atoms with Gasteiger partial charge in [-0.3, -0.25) is 18.9 Å². The molecule has 0 saturated carbocycles. The number of rotatable bonds is 14. The molecule has 16 heteroatoms. The molecular formula is C32H44N5O10P. The SMILES string of the molecule is CC(C)OC(=O)[C@H](C)N[P@](=O)(OC[C@@]1(C)O[C@@H](c2ccc3c(N)ncnn23)[C@H](OC(=O)C(C)C)[C@@H]1OC(=O)C(C)C)Oc1ccccc1. The number of para-hydroxylation sites is 1. The van der Waals surface area contributed by atoms with Gasteiger partial charge in [-0.2, -0.15) is 10.2 Å². The highest BCUT2D eigenvalue weighted by Gasteiger charge is 2.59. The second kappa shape index (κ2) is 15.0. The van der Waals surface area contributed by atoms with Crippen LogP contribution in [-0.2, 0) is 42.4 Å². The number of anilines is 1. The number of nitrogens with one attached hydrogen (secondary N) is 1. The molecule has 3 aromatic rings. The van der Waals surface area contributed by atoms with Gasteiger partial charge in [-0.1, -0.05) is 45.9 Å². The molecule has 15 nitrogen and oxygen atoms in total. The maximum atomic E-state index is 14.3. The monoisotopic (exact) mass is 689 g/mol. The van der Waals surface area contributed by atoms with E-state index in [4.69, 9.17) is 33.7 Å². The lowest BCUT2D eigenvalue weighted by Crippen LogP contribution is -2.49. The summed E-state index contributed by atoms with van der Waals surface area (Å²) < 4.78 is 51.4. The van der Waals surface area contributed by atoms with Crippen LogP contribution in [0.5, 0.6) is 5.75 Å². The molecule has 1 saturated heterocycles. The number of benzene rings is 1. The first-order valence-corrected chi connectivity index (χ1v) is 17.2. The number of aromatic nitrogens is 3. The van der Waals surface area contributed by atoms with Crippen LogP contribution < -0.4 is 15.3 Å². The van der Waals surface area contributed by atoms with E-state index >= 15 is 0 Å². The van der Waals surface area contributed by atoms with E-state index in [1.54, 1.807) is 90.9 Å². The van der Waals surface area contributed by atoms with Crippen molar-refractivity contribution < 1.29 is 46.9 Å². The summed E-state index contributed by atoms with van der Waals surface area (Å²) in [5.41, 5.74) is 5.37. The Morgan fingerprint density at radius 2 is 1.62 bits per heavy atom. The first kappa shape index (κ1) is 36.8. The van der Waals surface area contributed by atoms with Gasteiger partial charge in [-0.05, 0) is 52.0 Å². The van der Waals surface area contributed by atoms with Crippen LogP contribution in [0.15, 0.2) is 48.8 Å². The van der Waals surface area contributed by atoms with Crippen molar-refractivity contribution in [1.82, 2.24) is 19.7 Å². The average molecular weight is 690 g/mol. The molecule has 1 aliphatic heterocycles. The van der Waals surface area contributed by atoms with Gasteiger partial charge in [0.2, 0.25) is 0 Å². The molecule has 1 fully saturated rings. The summed E-state index contributed by atoms with van der Waals surface area (Å²) in [6, 6.07) is 10.5. The number of hydrogen-bond donors (Lipinski definition) is 2. The standard InChI is InChI=1S/C32H44N5O10P/c1-18(2)29(38)44-26-25(23-14-15-24-28(33)34-17-35-37(23)24)46-32(8,27(26)45-30(39)19(3)4)16-42-48(41,47-22-12-10-9-11-13-22)36-21(7)31(40)43-20(5)6/h9-15,17-21,25-27H,16H2,1-8H3,(H,36,41)(H2,33,34,35)/t21-,25-,26-,27-,32+,48-/m0/s1. The van der Waals surface area contributed by atoms with Crippen LogP contribution in [0.2, 0.25) is 0 Å². The van der Waals surface area contributed by atoms with E-state index in [0.29, 0.717) is 11.2 Å². The van der Waals surface area contributed by atoms with Crippen LogP contribution in [0.1, 0.15) is 67.2 Å².